The smallest absolute Gasteiger partial charge is 0.0981 e. The Morgan fingerprint density at radius 1 is 1.05 bits per heavy atom. The quantitative estimate of drug-likeness (QED) is 0.879. The summed E-state index contributed by atoms with van der Waals surface area (Å²) in [4.78, 5) is 5.85. The first-order chi connectivity index (χ1) is 9.79. The van der Waals surface area contributed by atoms with E-state index in [1.54, 1.807) is 0 Å². The molecule has 2 aromatic rings. The van der Waals surface area contributed by atoms with Gasteiger partial charge in [0.05, 0.1) is 5.01 Å². The van der Waals surface area contributed by atoms with Gasteiger partial charge >= 0.3 is 0 Å². The van der Waals surface area contributed by atoms with Gasteiger partial charge in [-0.25, -0.2) is 4.98 Å². The monoisotopic (exact) mass is 302 g/mol. The zero-order valence-corrected chi connectivity index (χ0v) is 14.6. The summed E-state index contributed by atoms with van der Waals surface area (Å²) in [6.45, 7) is 13.0. The van der Waals surface area contributed by atoms with Crippen molar-refractivity contribution in [2.24, 2.45) is 0 Å². The maximum absolute atomic E-state index is 4.54. The minimum absolute atomic E-state index is 0.138. The number of hydrogen-bond donors (Lipinski definition) is 1. The molecule has 0 atom stereocenters. The summed E-state index contributed by atoms with van der Waals surface area (Å²) in [5.74, 6) is 0. The van der Waals surface area contributed by atoms with Crippen LogP contribution >= 0.6 is 11.3 Å². The molecule has 3 heteroatoms. The van der Waals surface area contributed by atoms with Crippen LogP contribution in [0.2, 0.25) is 0 Å². The molecule has 1 heterocycles. The lowest BCUT2D eigenvalue weighted by molar-refractivity contribution is 0.470. The highest BCUT2D eigenvalue weighted by Gasteiger charge is 2.20. The van der Waals surface area contributed by atoms with Crippen LogP contribution < -0.4 is 5.32 Å². The van der Waals surface area contributed by atoms with Crippen molar-refractivity contribution in [1.29, 1.82) is 0 Å². The van der Waals surface area contributed by atoms with E-state index in [9.17, 15) is 0 Å². The number of nitrogens with one attached hydrogen (secondary N) is 1. The molecule has 0 radical (unpaired) electrons. The van der Waals surface area contributed by atoms with E-state index < -0.39 is 0 Å². The fraction of sp³-hybridized carbons (Fsp3) is 0.500. The van der Waals surface area contributed by atoms with Crippen molar-refractivity contribution in [3.63, 3.8) is 0 Å². The third kappa shape index (κ3) is 4.39. The predicted octanol–water partition coefficient (Wildman–Crippen LogP) is 4.51. The van der Waals surface area contributed by atoms with Gasteiger partial charge < -0.3 is 5.32 Å². The first-order valence-electron chi connectivity index (χ1n) is 7.50. The molecule has 1 N–H and O–H groups in total. The molecular formula is C18H26N2S. The second-order valence-electron chi connectivity index (χ2n) is 7.24. The molecule has 2 rings (SSSR count). The highest BCUT2D eigenvalue weighted by atomic mass is 32.1. The van der Waals surface area contributed by atoms with Crippen LogP contribution in [0.15, 0.2) is 36.5 Å². The van der Waals surface area contributed by atoms with E-state index >= 15 is 0 Å². The average molecular weight is 302 g/mol. The summed E-state index contributed by atoms with van der Waals surface area (Å²) in [5, 5.41) is 4.79. The molecule has 0 unspecified atom stereocenters. The molecule has 1 aromatic carbocycles. The molecule has 0 amide bonds. The van der Waals surface area contributed by atoms with E-state index in [4.69, 9.17) is 0 Å². The fourth-order valence-electron chi connectivity index (χ4n) is 2.23. The highest BCUT2D eigenvalue weighted by molar-refractivity contribution is 7.11. The number of rotatable bonds is 5. The van der Waals surface area contributed by atoms with Crippen LogP contribution in [0.4, 0.5) is 0 Å². The van der Waals surface area contributed by atoms with Crippen LogP contribution in [0.3, 0.4) is 0 Å². The van der Waals surface area contributed by atoms with Crippen molar-refractivity contribution in [2.75, 3.05) is 6.54 Å². The molecule has 0 spiro atoms. The first-order valence-corrected chi connectivity index (χ1v) is 8.32. The molecule has 0 aliphatic carbocycles. The molecule has 0 aliphatic rings. The molecular weight excluding hydrogens is 276 g/mol. The van der Waals surface area contributed by atoms with E-state index in [1.165, 1.54) is 15.4 Å². The van der Waals surface area contributed by atoms with Gasteiger partial charge in [0, 0.05) is 35.0 Å². The highest BCUT2D eigenvalue weighted by Crippen LogP contribution is 2.27. The van der Waals surface area contributed by atoms with Crippen molar-refractivity contribution in [3.8, 4) is 0 Å². The van der Waals surface area contributed by atoms with Crippen LogP contribution in [0, 0.1) is 0 Å². The normalized spacial score (nSPS) is 12.6. The Balaban J connectivity index is 1.91. The second kappa shape index (κ2) is 6.29. The van der Waals surface area contributed by atoms with Crippen LogP contribution in [-0.4, -0.2) is 11.5 Å². The van der Waals surface area contributed by atoms with Gasteiger partial charge in [0.1, 0.15) is 0 Å². The van der Waals surface area contributed by atoms with Gasteiger partial charge in [0.25, 0.3) is 0 Å². The summed E-state index contributed by atoms with van der Waals surface area (Å²) in [5.41, 5.74) is 1.66. The maximum atomic E-state index is 4.54. The molecule has 114 valence electrons. The lowest BCUT2D eigenvalue weighted by Crippen LogP contribution is -2.32. The average Bonchev–Trinajstić information content (AvgIpc) is 2.88. The Morgan fingerprint density at radius 3 is 2.29 bits per heavy atom. The predicted molar refractivity (Wildman–Crippen MR) is 92.0 cm³/mol. The Hall–Kier alpha value is -1.19. The van der Waals surface area contributed by atoms with Gasteiger partial charge in [-0.3, -0.25) is 0 Å². The Morgan fingerprint density at radius 2 is 1.71 bits per heavy atom. The molecule has 2 nitrogen and oxygen atoms in total. The van der Waals surface area contributed by atoms with Crippen molar-refractivity contribution in [3.05, 3.63) is 52.0 Å². The van der Waals surface area contributed by atoms with Gasteiger partial charge in [-0.1, -0.05) is 65.0 Å². The van der Waals surface area contributed by atoms with Gasteiger partial charge in [0.2, 0.25) is 0 Å². The van der Waals surface area contributed by atoms with E-state index in [1.807, 2.05) is 17.5 Å². The Bertz CT molecular complexity index is 564. The minimum atomic E-state index is 0.138. The topological polar surface area (TPSA) is 24.9 Å². The molecule has 0 aliphatic heterocycles. The summed E-state index contributed by atoms with van der Waals surface area (Å²) in [6, 6.07) is 10.7. The lowest BCUT2D eigenvalue weighted by Gasteiger charge is -2.25. The largest absolute Gasteiger partial charge is 0.311 e. The molecule has 21 heavy (non-hydrogen) atoms. The Labute approximate surface area is 132 Å². The van der Waals surface area contributed by atoms with Gasteiger partial charge in [0.15, 0.2) is 0 Å². The maximum Gasteiger partial charge on any atom is 0.0981 e. The molecule has 1 aromatic heterocycles. The van der Waals surface area contributed by atoms with E-state index in [-0.39, 0.29) is 10.8 Å². The zero-order valence-electron chi connectivity index (χ0n) is 13.7. The van der Waals surface area contributed by atoms with Crippen LogP contribution in [0.5, 0.6) is 0 Å². The van der Waals surface area contributed by atoms with Gasteiger partial charge in [-0.15, -0.1) is 11.3 Å². The third-order valence-electron chi connectivity index (χ3n) is 3.62. The van der Waals surface area contributed by atoms with Crippen molar-refractivity contribution < 1.29 is 0 Å². The van der Waals surface area contributed by atoms with Crippen LogP contribution in [-0.2, 0) is 17.4 Å². The first kappa shape index (κ1) is 16.2. The molecule has 0 saturated heterocycles. The van der Waals surface area contributed by atoms with Crippen LogP contribution in [0.25, 0.3) is 0 Å². The molecule has 0 bridgehead atoms. The number of aromatic nitrogens is 1. The summed E-state index contributed by atoms with van der Waals surface area (Å²) < 4.78 is 0. The van der Waals surface area contributed by atoms with E-state index in [2.05, 4.69) is 75.3 Å². The molecule has 0 fully saturated rings. The van der Waals surface area contributed by atoms with E-state index in [0.717, 1.165) is 13.1 Å². The lowest BCUT2D eigenvalue weighted by atomic mass is 9.85. The fourth-order valence-corrected chi connectivity index (χ4v) is 3.17. The summed E-state index contributed by atoms with van der Waals surface area (Å²) in [7, 11) is 0. The van der Waals surface area contributed by atoms with Gasteiger partial charge in [-0.05, 0) is 5.56 Å². The third-order valence-corrected chi connectivity index (χ3v) is 5.04. The number of hydrogen-bond acceptors (Lipinski definition) is 3. The van der Waals surface area contributed by atoms with Gasteiger partial charge in [-0.2, -0.15) is 0 Å². The zero-order chi connectivity index (χ0) is 15.5. The Kier molecular flexibility index (Phi) is 4.84. The SMILES string of the molecule is CC(C)(C)c1ncc(CNCC(C)(C)c2ccccc2)s1. The van der Waals surface area contributed by atoms with Crippen molar-refractivity contribution in [1.82, 2.24) is 10.3 Å². The number of benzene rings is 1. The standard InChI is InChI=1S/C18H26N2S/c1-17(2,3)16-20-12-15(21-16)11-19-13-18(4,5)14-9-7-6-8-10-14/h6-10,12,19H,11,13H2,1-5H3. The number of nitrogens with zero attached hydrogens (tertiary/aromatic N) is 1. The minimum Gasteiger partial charge on any atom is -0.311 e. The number of thiazole rings is 1. The second-order valence-corrected chi connectivity index (χ2v) is 8.35. The summed E-state index contributed by atoms with van der Waals surface area (Å²) in [6.07, 6.45) is 2.01. The van der Waals surface area contributed by atoms with E-state index in [0.29, 0.717) is 0 Å². The van der Waals surface area contributed by atoms with Crippen molar-refractivity contribution in [2.45, 2.75) is 52.0 Å². The van der Waals surface area contributed by atoms with Crippen molar-refractivity contribution >= 4 is 11.3 Å². The van der Waals surface area contributed by atoms with Crippen LogP contribution in [0.1, 0.15) is 50.1 Å². The molecule has 0 saturated carbocycles. The summed E-state index contributed by atoms with van der Waals surface area (Å²) >= 11 is 1.81.